The van der Waals surface area contributed by atoms with Crippen molar-refractivity contribution in [3.8, 4) is 11.1 Å². The maximum atomic E-state index is 13.5. The number of nitrogens with zero attached hydrogens (tertiary/aromatic N) is 1. The molecular weight excluding hydrogens is 212 g/mol. The summed E-state index contributed by atoms with van der Waals surface area (Å²) in [7, 11) is 1.78. The lowest BCUT2D eigenvalue weighted by Gasteiger charge is -2.04. The Morgan fingerprint density at radius 1 is 1.31 bits per heavy atom. The van der Waals surface area contributed by atoms with Crippen molar-refractivity contribution in [1.29, 1.82) is 0 Å². The lowest BCUT2D eigenvalue weighted by molar-refractivity contribution is 0.585. The fourth-order valence-electron chi connectivity index (χ4n) is 1.56. The molecule has 2 N–H and O–H groups in total. The molecule has 0 aliphatic heterocycles. The maximum absolute atomic E-state index is 13.5. The Balaban J connectivity index is 2.46. The molecule has 16 heavy (non-hydrogen) atoms. The van der Waals surface area contributed by atoms with Crippen LogP contribution < -0.4 is 5.32 Å². The quantitative estimate of drug-likeness (QED) is 0.836. The molecule has 0 unspecified atom stereocenters. The van der Waals surface area contributed by atoms with Crippen LogP contribution in [0, 0.1) is 11.6 Å². The van der Waals surface area contributed by atoms with E-state index < -0.39 is 11.6 Å². The Kier molecular flexibility index (Phi) is 2.96. The van der Waals surface area contributed by atoms with Gasteiger partial charge in [-0.2, -0.15) is 5.10 Å². The molecule has 0 saturated heterocycles. The number of aromatic nitrogens is 2. The summed E-state index contributed by atoms with van der Waals surface area (Å²) in [6.07, 6.45) is 1.53. The molecule has 0 radical (unpaired) electrons. The van der Waals surface area contributed by atoms with Crippen LogP contribution in [0.15, 0.2) is 24.4 Å². The molecule has 1 aromatic heterocycles. The van der Waals surface area contributed by atoms with Crippen LogP contribution in [0.1, 0.15) is 5.69 Å². The first kappa shape index (κ1) is 10.8. The van der Waals surface area contributed by atoms with Gasteiger partial charge in [0.2, 0.25) is 0 Å². The molecule has 3 nitrogen and oxygen atoms in total. The van der Waals surface area contributed by atoms with E-state index in [-0.39, 0.29) is 0 Å². The molecule has 84 valence electrons. The zero-order valence-corrected chi connectivity index (χ0v) is 8.72. The molecule has 2 rings (SSSR count). The summed E-state index contributed by atoms with van der Waals surface area (Å²) in [6, 6.07) is 3.51. The lowest BCUT2D eigenvalue weighted by Crippen LogP contribution is -2.06. The normalized spacial score (nSPS) is 10.7. The van der Waals surface area contributed by atoms with E-state index in [1.54, 1.807) is 7.05 Å². The number of hydrogen-bond donors (Lipinski definition) is 2. The molecule has 1 heterocycles. The summed E-state index contributed by atoms with van der Waals surface area (Å²) in [5, 5.41) is 9.57. The van der Waals surface area contributed by atoms with Gasteiger partial charge in [-0.3, -0.25) is 5.10 Å². The van der Waals surface area contributed by atoms with Crippen molar-refractivity contribution in [3.63, 3.8) is 0 Å². The predicted molar refractivity (Wildman–Crippen MR) is 56.7 cm³/mol. The summed E-state index contributed by atoms with van der Waals surface area (Å²) in [6.45, 7) is 0.548. The average Bonchev–Trinajstić information content (AvgIpc) is 2.67. The molecule has 0 aliphatic carbocycles. The van der Waals surface area contributed by atoms with Gasteiger partial charge in [0, 0.05) is 23.7 Å². The van der Waals surface area contributed by atoms with Gasteiger partial charge in [0.05, 0.1) is 11.9 Å². The summed E-state index contributed by atoms with van der Waals surface area (Å²) in [5.74, 6) is -1.17. The summed E-state index contributed by atoms with van der Waals surface area (Å²) >= 11 is 0. The molecule has 0 atom stereocenters. The van der Waals surface area contributed by atoms with E-state index in [1.165, 1.54) is 18.3 Å². The molecule has 2 aromatic rings. The number of H-pyrrole nitrogens is 1. The van der Waals surface area contributed by atoms with Gasteiger partial charge < -0.3 is 5.32 Å². The van der Waals surface area contributed by atoms with Gasteiger partial charge in [-0.1, -0.05) is 0 Å². The number of rotatable bonds is 3. The fourth-order valence-corrected chi connectivity index (χ4v) is 1.56. The van der Waals surface area contributed by atoms with Gasteiger partial charge in [-0.15, -0.1) is 0 Å². The van der Waals surface area contributed by atoms with Crippen LogP contribution in [-0.2, 0) is 6.54 Å². The Bertz CT molecular complexity index is 494. The fraction of sp³-hybridized carbons (Fsp3) is 0.182. The van der Waals surface area contributed by atoms with Gasteiger partial charge >= 0.3 is 0 Å². The Morgan fingerprint density at radius 3 is 2.81 bits per heavy atom. The van der Waals surface area contributed by atoms with Gasteiger partial charge in [0.25, 0.3) is 0 Å². The van der Waals surface area contributed by atoms with Gasteiger partial charge in [0.1, 0.15) is 11.6 Å². The first-order valence-electron chi connectivity index (χ1n) is 4.84. The second kappa shape index (κ2) is 4.40. The highest BCUT2D eigenvalue weighted by molar-refractivity contribution is 5.65. The molecule has 0 spiro atoms. The molecule has 0 aliphatic rings. The van der Waals surface area contributed by atoms with E-state index >= 15 is 0 Å². The van der Waals surface area contributed by atoms with Gasteiger partial charge in [-0.05, 0) is 19.2 Å². The van der Waals surface area contributed by atoms with Crippen LogP contribution in [0.2, 0.25) is 0 Å². The van der Waals surface area contributed by atoms with E-state index in [1.807, 2.05) is 0 Å². The van der Waals surface area contributed by atoms with Crippen LogP contribution in [0.4, 0.5) is 8.78 Å². The minimum atomic E-state index is -0.584. The highest BCUT2D eigenvalue weighted by Gasteiger charge is 2.11. The van der Waals surface area contributed by atoms with Crippen molar-refractivity contribution < 1.29 is 8.78 Å². The summed E-state index contributed by atoms with van der Waals surface area (Å²) in [5.41, 5.74) is 1.76. The lowest BCUT2D eigenvalue weighted by atomic mass is 10.1. The second-order valence-electron chi connectivity index (χ2n) is 3.42. The standard InChI is InChI=1S/C11H11F2N3/c1-14-6-11-9(5-15-16-11)8-3-2-7(12)4-10(8)13/h2-5,14H,6H2,1H3,(H,15,16). The molecule has 0 fully saturated rings. The Morgan fingerprint density at radius 2 is 2.12 bits per heavy atom. The average molecular weight is 223 g/mol. The highest BCUT2D eigenvalue weighted by Crippen LogP contribution is 2.25. The van der Waals surface area contributed by atoms with Crippen LogP contribution in [0.5, 0.6) is 0 Å². The third-order valence-corrected chi connectivity index (χ3v) is 2.29. The van der Waals surface area contributed by atoms with Crippen molar-refractivity contribution in [3.05, 3.63) is 41.7 Å². The van der Waals surface area contributed by atoms with Crippen molar-refractivity contribution in [2.75, 3.05) is 7.05 Å². The monoisotopic (exact) mass is 223 g/mol. The van der Waals surface area contributed by atoms with Crippen molar-refractivity contribution in [2.45, 2.75) is 6.54 Å². The zero-order valence-electron chi connectivity index (χ0n) is 8.72. The number of aromatic amines is 1. The van der Waals surface area contributed by atoms with E-state index in [4.69, 9.17) is 0 Å². The number of nitrogens with one attached hydrogen (secondary N) is 2. The summed E-state index contributed by atoms with van der Waals surface area (Å²) < 4.78 is 26.3. The minimum Gasteiger partial charge on any atom is -0.314 e. The first-order valence-corrected chi connectivity index (χ1v) is 4.84. The Hall–Kier alpha value is -1.75. The SMILES string of the molecule is CNCc1[nH]ncc1-c1ccc(F)cc1F. The number of halogens is 2. The molecule has 5 heteroatoms. The molecule has 0 saturated carbocycles. The van der Waals surface area contributed by atoms with Crippen molar-refractivity contribution in [1.82, 2.24) is 15.5 Å². The number of hydrogen-bond acceptors (Lipinski definition) is 2. The third-order valence-electron chi connectivity index (χ3n) is 2.29. The summed E-state index contributed by atoms with van der Waals surface area (Å²) in [4.78, 5) is 0. The molecule has 0 amide bonds. The predicted octanol–water partition coefficient (Wildman–Crippen LogP) is 2.07. The topological polar surface area (TPSA) is 40.7 Å². The van der Waals surface area contributed by atoms with Crippen molar-refractivity contribution in [2.24, 2.45) is 0 Å². The first-order chi connectivity index (χ1) is 7.72. The number of benzene rings is 1. The Labute approximate surface area is 91.5 Å². The zero-order chi connectivity index (χ0) is 11.5. The largest absolute Gasteiger partial charge is 0.314 e. The smallest absolute Gasteiger partial charge is 0.134 e. The van der Waals surface area contributed by atoms with Crippen LogP contribution in [-0.4, -0.2) is 17.2 Å². The second-order valence-corrected chi connectivity index (χ2v) is 3.42. The van der Waals surface area contributed by atoms with Crippen LogP contribution in [0.25, 0.3) is 11.1 Å². The van der Waals surface area contributed by atoms with E-state index in [0.29, 0.717) is 17.7 Å². The highest BCUT2D eigenvalue weighted by atomic mass is 19.1. The van der Waals surface area contributed by atoms with E-state index in [9.17, 15) is 8.78 Å². The minimum absolute atomic E-state index is 0.348. The molecular formula is C11H11F2N3. The molecule has 1 aromatic carbocycles. The van der Waals surface area contributed by atoms with Crippen molar-refractivity contribution >= 4 is 0 Å². The molecule has 0 bridgehead atoms. The maximum Gasteiger partial charge on any atom is 0.134 e. The van der Waals surface area contributed by atoms with Gasteiger partial charge in [-0.25, -0.2) is 8.78 Å². The van der Waals surface area contributed by atoms with Crippen LogP contribution in [0.3, 0.4) is 0 Å². The third kappa shape index (κ3) is 1.94. The van der Waals surface area contributed by atoms with E-state index in [2.05, 4.69) is 15.5 Å². The van der Waals surface area contributed by atoms with Crippen LogP contribution >= 0.6 is 0 Å². The van der Waals surface area contributed by atoms with Gasteiger partial charge in [0.15, 0.2) is 0 Å². The van der Waals surface area contributed by atoms with E-state index in [0.717, 1.165) is 11.8 Å².